The van der Waals surface area contributed by atoms with Gasteiger partial charge in [0, 0.05) is 6.07 Å². The second-order valence-corrected chi connectivity index (χ2v) is 3.62. The Morgan fingerprint density at radius 2 is 1.77 bits per heavy atom. The van der Waals surface area contributed by atoms with E-state index < -0.39 is 0 Å². The molecule has 0 saturated carbocycles. The normalized spacial score (nSPS) is 10.9. The summed E-state index contributed by atoms with van der Waals surface area (Å²) in [5, 5.41) is 8.02. The summed E-state index contributed by atoms with van der Waals surface area (Å²) in [7, 11) is 0. The van der Waals surface area contributed by atoms with Crippen molar-refractivity contribution in [2.24, 2.45) is 0 Å². The predicted octanol–water partition coefficient (Wildman–Crippen LogP) is 2.39. The predicted molar refractivity (Wildman–Crippen MR) is 51.9 cm³/mol. The first kappa shape index (κ1) is 9.96. The molecule has 0 fully saturated rings. The highest BCUT2D eigenvalue weighted by atomic mass is 16.5. The number of rotatable bonds is 3. The molecule has 1 aromatic rings. The zero-order valence-electron chi connectivity index (χ0n) is 8.61. The second kappa shape index (κ2) is 4.21. The van der Waals surface area contributed by atoms with Crippen LogP contribution in [0, 0.1) is 0 Å². The van der Waals surface area contributed by atoms with Crippen molar-refractivity contribution in [1.82, 2.24) is 10.2 Å². The van der Waals surface area contributed by atoms with Crippen LogP contribution in [-0.2, 0) is 0 Å². The van der Waals surface area contributed by atoms with E-state index in [0.29, 0.717) is 11.8 Å². The summed E-state index contributed by atoms with van der Waals surface area (Å²) in [5.74, 6) is 1.01. The Morgan fingerprint density at radius 3 is 2.15 bits per heavy atom. The summed E-state index contributed by atoms with van der Waals surface area (Å²) >= 11 is 0. The van der Waals surface area contributed by atoms with E-state index in [1.54, 1.807) is 0 Å². The Morgan fingerprint density at radius 1 is 1.08 bits per heavy atom. The molecule has 13 heavy (non-hydrogen) atoms. The van der Waals surface area contributed by atoms with E-state index in [4.69, 9.17) is 4.74 Å². The van der Waals surface area contributed by atoms with Crippen LogP contribution in [0.25, 0.3) is 0 Å². The van der Waals surface area contributed by atoms with Crippen LogP contribution in [0.2, 0.25) is 0 Å². The molecule has 0 amide bonds. The third-order valence-electron chi connectivity index (χ3n) is 1.61. The molecule has 1 aromatic heterocycles. The molecule has 0 spiro atoms. The lowest BCUT2D eigenvalue weighted by Crippen LogP contribution is -2.08. The monoisotopic (exact) mass is 180 g/mol. The van der Waals surface area contributed by atoms with E-state index in [-0.39, 0.29) is 6.10 Å². The van der Waals surface area contributed by atoms with Crippen molar-refractivity contribution in [2.45, 2.75) is 39.7 Å². The van der Waals surface area contributed by atoms with Crippen LogP contribution in [0.15, 0.2) is 12.1 Å². The Balaban J connectivity index is 2.70. The molecule has 0 N–H and O–H groups in total. The topological polar surface area (TPSA) is 35.0 Å². The molecule has 72 valence electrons. The van der Waals surface area contributed by atoms with Crippen LogP contribution >= 0.6 is 0 Å². The van der Waals surface area contributed by atoms with Gasteiger partial charge in [-0.15, -0.1) is 5.10 Å². The van der Waals surface area contributed by atoms with Crippen molar-refractivity contribution in [3.05, 3.63) is 17.8 Å². The van der Waals surface area contributed by atoms with E-state index in [1.807, 2.05) is 26.0 Å². The molecular formula is C10H16N2O. The molecule has 0 radical (unpaired) electrons. The summed E-state index contributed by atoms with van der Waals surface area (Å²) < 4.78 is 5.38. The molecule has 1 heterocycles. The Hall–Kier alpha value is -1.12. The minimum atomic E-state index is 0.152. The maximum atomic E-state index is 5.38. The Kier molecular flexibility index (Phi) is 3.23. The third-order valence-corrected chi connectivity index (χ3v) is 1.61. The number of nitrogens with zero attached hydrogens (tertiary/aromatic N) is 2. The number of aromatic nitrogens is 2. The van der Waals surface area contributed by atoms with Gasteiger partial charge in [0.2, 0.25) is 5.88 Å². The van der Waals surface area contributed by atoms with Gasteiger partial charge in [-0.25, -0.2) is 0 Å². The zero-order valence-corrected chi connectivity index (χ0v) is 8.61. The van der Waals surface area contributed by atoms with Gasteiger partial charge in [0.25, 0.3) is 0 Å². The lowest BCUT2D eigenvalue weighted by molar-refractivity contribution is 0.229. The molecular weight excluding hydrogens is 164 g/mol. The zero-order chi connectivity index (χ0) is 9.84. The van der Waals surface area contributed by atoms with Crippen LogP contribution in [0.4, 0.5) is 0 Å². The number of hydrogen-bond acceptors (Lipinski definition) is 3. The first-order chi connectivity index (χ1) is 6.09. The number of hydrogen-bond donors (Lipinski definition) is 0. The first-order valence-electron chi connectivity index (χ1n) is 4.60. The van der Waals surface area contributed by atoms with E-state index in [2.05, 4.69) is 24.0 Å². The molecule has 0 aliphatic carbocycles. The van der Waals surface area contributed by atoms with Gasteiger partial charge in [-0.05, 0) is 25.8 Å². The fourth-order valence-electron chi connectivity index (χ4n) is 0.943. The van der Waals surface area contributed by atoms with Crippen LogP contribution in [0.1, 0.15) is 39.3 Å². The average Bonchev–Trinajstić information content (AvgIpc) is 2.04. The third kappa shape index (κ3) is 3.01. The summed E-state index contributed by atoms with van der Waals surface area (Å²) in [4.78, 5) is 0. The molecule has 0 bridgehead atoms. The maximum Gasteiger partial charge on any atom is 0.233 e. The van der Waals surface area contributed by atoms with Crippen LogP contribution in [-0.4, -0.2) is 16.3 Å². The van der Waals surface area contributed by atoms with Gasteiger partial charge in [-0.2, -0.15) is 5.10 Å². The quantitative estimate of drug-likeness (QED) is 0.716. The molecule has 0 aliphatic rings. The van der Waals surface area contributed by atoms with Crippen molar-refractivity contribution in [1.29, 1.82) is 0 Å². The standard InChI is InChI=1S/C10H16N2O/c1-7(2)9-5-6-10(12-11-9)13-8(3)4/h5-8H,1-4H3. The molecule has 0 atom stereocenters. The molecule has 3 heteroatoms. The smallest absolute Gasteiger partial charge is 0.233 e. The van der Waals surface area contributed by atoms with Gasteiger partial charge in [-0.1, -0.05) is 13.8 Å². The molecule has 0 saturated heterocycles. The molecule has 0 aromatic carbocycles. The lowest BCUT2D eigenvalue weighted by Gasteiger charge is -2.08. The van der Waals surface area contributed by atoms with Crippen molar-refractivity contribution in [3.63, 3.8) is 0 Å². The average molecular weight is 180 g/mol. The molecule has 0 aliphatic heterocycles. The van der Waals surface area contributed by atoms with Gasteiger partial charge in [0.05, 0.1) is 11.8 Å². The van der Waals surface area contributed by atoms with Crippen molar-refractivity contribution in [2.75, 3.05) is 0 Å². The fraction of sp³-hybridized carbons (Fsp3) is 0.600. The Bertz CT molecular complexity index is 254. The maximum absolute atomic E-state index is 5.38. The fourth-order valence-corrected chi connectivity index (χ4v) is 0.943. The molecule has 0 unspecified atom stereocenters. The van der Waals surface area contributed by atoms with Crippen LogP contribution in [0.5, 0.6) is 5.88 Å². The van der Waals surface area contributed by atoms with Gasteiger partial charge >= 0.3 is 0 Å². The van der Waals surface area contributed by atoms with Crippen LogP contribution in [0.3, 0.4) is 0 Å². The van der Waals surface area contributed by atoms with E-state index >= 15 is 0 Å². The minimum absolute atomic E-state index is 0.152. The van der Waals surface area contributed by atoms with Gasteiger partial charge < -0.3 is 4.74 Å². The van der Waals surface area contributed by atoms with Crippen molar-refractivity contribution >= 4 is 0 Å². The lowest BCUT2D eigenvalue weighted by atomic mass is 10.1. The van der Waals surface area contributed by atoms with Gasteiger partial charge in [-0.3, -0.25) is 0 Å². The second-order valence-electron chi connectivity index (χ2n) is 3.62. The van der Waals surface area contributed by atoms with E-state index in [9.17, 15) is 0 Å². The Labute approximate surface area is 79.1 Å². The highest BCUT2D eigenvalue weighted by Gasteiger charge is 2.03. The summed E-state index contributed by atoms with van der Waals surface area (Å²) in [6, 6.07) is 3.82. The van der Waals surface area contributed by atoms with Gasteiger partial charge in [0.1, 0.15) is 0 Å². The largest absolute Gasteiger partial charge is 0.474 e. The van der Waals surface area contributed by atoms with E-state index in [1.165, 1.54) is 0 Å². The summed E-state index contributed by atoms with van der Waals surface area (Å²) in [6.45, 7) is 8.12. The molecule has 3 nitrogen and oxygen atoms in total. The SMILES string of the molecule is CC(C)Oc1ccc(C(C)C)nn1. The van der Waals surface area contributed by atoms with E-state index in [0.717, 1.165) is 5.69 Å². The summed E-state index contributed by atoms with van der Waals surface area (Å²) in [5.41, 5.74) is 0.996. The van der Waals surface area contributed by atoms with Crippen molar-refractivity contribution < 1.29 is 4.74 Å². The highest BCUT2D eigenvalue weighted by Crippen LogP contribution is 2.13. The first-order valence-corrected chi connectivity index (χ1v) is 4.60. The molecule has 1 rings (SSSR count). The van der Waals surface area contributed by atoms with Gasteiger partial charge in [0.15, 0.2) is 0 Å². The van der Waals surface area contributed by atoms with Crippen molar-refractivity contribution in [3.8, 4) is 5.88 Å². The van der Waals surface area contributed by atoms with Crippen LogP contribution < -0.4 is 4.74 Å². The summed E-state index contributed by atoms with van der Waals surface area (Å²) in [6.07, 6.45) is 0.152. The number of ether oxygens (including phenoxy) is 1. The highest BCUT2D eigenvalue weighted by molar-refractivity contribution is 5.13. The minimum Gasteiger partial charge on any atom is -0.474 e.